The molecule has 0 saturated carbocycles. The highest BCUT2D eigenvalue weighted by atomic mass is 127. The summed E-state index contributed by atoms with van der Waals surface area (Å²) in [4.78, 5) is 21.8. The number of carbonyl (C=O) groups is 1. The van der Waals surface area contributed by atoms with Gasteiger partial charge in [0.05, 0.1) is 0 Å². The lowest BCUT2D eigenvalue weighted by molar-refractivity contribution is -0.135. The van der Waals surface area contributed by atoms with Crippen LogP contribution in [0.1, 0.15) is 38.7 Å². The standard InChI is InChI=1S/C22H33N5O.HI/c1-16(2)21(28)27-13-10-18(11-14-27)26-22(23-3)24-12-6-7-17-15-25-20-9-5-4-8-19(17)20;/h4-5,8-9,15-16,18,25H,6-7,10-14H2,1-3H3,(H2,23,24,26);1H. The smallest absolute Gasteiger partial charge is 0.225 e. The zero-order valence-corrected chi connectivity index (χ0v) is 20.0. The number of rotatable bonds is 6. The monoisotopic (exact) mass is 511 g/mol. The number of aliphatic imine (C=N–C) groups is 1. The van der Waals surface area contributed by atoms with Gasteiger partial charge in [-0.05, 0) is 37.3 Å². The normalized spacial score (nSPS) is 15.4. The fourth-order valence-corrected chi connectivity index (χ4v) is 3.82. The number of amides is 1. The van der Waals surface area contributed by atoms with E-state index in [1.807, 2.05) is 25.8 Å². The first-order valence-electron chi connectivity index (χ1n) is 10.4. The molecule has 2 heterocycles. The number of benzene rings is 1. The van der Waals surface area contributed by atoms with E-state index in [9.17, 15) is 4.79 Å². The zero-order valence-electron chi connectivity index (χ0n) is 17.7. The Labute approximate surface area is 190 Å². The van der Waals surface area contributed by atoms with E-state index < -0.39 is 0 Å². The number of guanidine groups is 1. The molecule has 0 spiro atoms. The molecule has 2 aromatic rings. The van der Waals surface area contributed by atoms with Crippen LogP contribution in [0.3, 0.4) is 0 Å². The lowest BCUT2D eigenvalue weighted by atomic mass is 10.0. The van der Waals surface area contributed by atoms with Crippen molar-refractivity contribution in [3.63, 3.8) is 0 Å². The summed E-state index contributed by atoms with van der Waals surface area (Å²) in [6.45, 7) is 6.46. The van der Waals surface area contributed by atoms with Gasteiger partial charge < -0.3 is 20.5 Å². The lowest BCUT2D eigenvalue weighted by Gasteiger charge is -2.34. The maximum atomic E-state index is 12.1. The van der Waals surface area contributed by atoms with Crippen molar-refractivity contribution in [1.82, 2.24) is 20.5 Å². The summed E-state index contributed by atoms with van der Waals surface area (Å²) in [5, 5.41) is 8.25. The van der Waals surface area contributed by atoms with Crippen molar-refractivity contribution < 1.29 is 4.79 Å². The van der Waals surface area contributed by atoms with Gasteiger partial charge in [0.15, 0.2) is 5.96 Å². The molecule has 6 nitrogen and oxygen atoms in total. The Hall–Kier alpha value is -1.77. The van der Waals surface area contributed by atoms with Crippen LogP contribution in [0.5, 0.6) is 0 Å². The number of nitrogens with zero attached hydrogens (tertiary/aromatic N) is 2. The topological polar surface area (TPSA) is 72.5 Å². The van der Waals surface area contributed by atoms with Gasteiger partial charge in [-0.3, -0.25) is 9.79 Å². The summed E-state index contributed by atoms with van der Waals surface area (Å²) in [6.07, 6.45) is 6.13. The number of hydrogen-bond acceptors (Lipinski definition) is 2. The number of nitrogens with one attached hydrogen (secondary N) is 3. The fourth-order valence-electron chi connectivity index (χ4n) is 3.82. The molecule has 0 bridgehead atoms. The molecule has 1 fully saturated rings. The van der Waals surface area contributed by atoms with Crippen LogP contribution in [0, 0.1) is 5.92 Å². The SMILES string of the molecule is CN=C(NCCCc1c[nH]c2ccccc12)NC1CCN(C(=O)C(C)C)CC1.I. The quantitative estimate of drug-likeness (QED) is 0.241. The number of fused-ring (bicyclic) bond motifs is 1. The first-order chi connectivity index (χ1) is 13.6. The molecule has 1 aliphatic heterocycles. The van der Waals surface area contributed by atoms with Crippen LogP contribution in [-0.2, 0) is 11.2 Å². The van der Waals surface area contributed by atoms with Crippen LogP contribution in [0.25, 0.3) is 10.9 Å². The molecule has 29 heavy (non-hydrogen) atoms. The minimum atomic E-state index is 0. The molecule has 3 rings (SSSR count). The number of halogens is 1. The summed E-state index contributed by atoms with van der Waals surface area (Å²) in [7, 11) is 1.81. The van der Waals surface area contributed by atoms with Crippen molar-refractivity contribution in [2.24, 2.45) is 10.9 Å². The van der Waals surface area contributed by atoms with Gasteiger partial charge in [-0.25, -0.2) is 0 Å². The van der Waals surface area contributed by atoms with Gasteiger partial charge in [-0.15, -0.1) is 24.0 Å². The van der Waals surface area contributed by atoms with Gasteiger partial charge in [0.25, 0.3) is 0 Å². The summed E-state index contributed by atoms with van der Waals surface area (Å²) >= 11 is 0. The zero-order chi connectivity index (χ0) is 19.9. The van der Waals surface area contributed by atoms with Gasteiger partial charge in [-0.2, -0.15) is 0 Å². The summed E-state index contributed by atoms with van der Waals surface area (Å²) < 4.78 is 0. The third-order valence-corrected chi connectivity index (χ3v) is 5.46. The van der Waals surface area contributed by atoms with Crippen molar-refractivity contribution in [2.45, 2.75) is 45.6 Å². The molecule has 0 atom stereocenters. The number of para-hydroxylation sites is 1. The van der Waals surface area contributed by atoms with Crippen LogP contribution in [0.4, 0.5) is 0 Å². The van der Waals surface area contributed by atoms with Crippen molar-refractivity contribution in [2.75, 3.05) is 26.7 Å². The largest absolute Gasteiger partial charge is 0.361 e. The molecule has 3 N–H and O–H groups in total. The molecule has 0 aliphatic carbocycles. The second-order valence-electron chi connectivity index (χ2n) is 7.86. The fraction of sp³-hybridized carbons (Fsp3) is 0.545. The van der Waals surface area contributed by atoms with Crippen LogP contribution in [0.15, 0.2) is 35.5 Å². The minimum Gasteiger partial charge on any atom is -0.361 e. The second kappa shape index (κ2) is 11.4. The van der Waals surface area contributed by atoms with E-state index in [-0.39, 0.29) is 35.8 Å². The Morgan fingerprint density at radius 3 is 2.69 bits per heavy atom. The van der Waals surface area contributed by atoms with E-state index in [1.165, 1.54) is 16.5 Å². The average molecular weight is 511 g/mol. The molecule has 0 radical (unpaired) electrons. The Morgan fingerprint density at radius 2 is 2.00 bits per heavy atom. The number of H-pyrrole nitrogens is 1. The third kappa shape index (κ3) is 6.35. The highest BCUT2D eigenvalue weighted by molar-refractivity contribution is 14.0. The van der Waals surface area contributed by atoms with E-state index in [4.69, 9.17) is 0 Å². The molecule has 1 amide bonds. The van der Waals surface area contributed by atoms with Gasteiger partial charge in [0.2, 0.25) is 5.91 Å². The molecule has 1 aromatic carbocycles. The van der Waals surface area contributed by atoms with Gasteiger partial charge in [-0.1, -0.05) is 32.0 Å². The van der Waals surface area contributed by atoms with Gasteiger partial charge in [0, 0.05) is 55.7 Å². The third-order valence-electron chi connectivity index (χ3n) is 5.46. The predicted octanol–water partition coefficient (Wildman–Crippen LogP) is 3.53. The lowest BCUT2D eigenvalue weighted by Crippen LogP contribution is -2.50. The second-order valence-corrected chi connectivity index (χ2v) is 7.86. The van der Waals surface area contributed by atoms with Crippen LogP contribution in [-0.4, -0.2) is 54.5 Å². The molecular weight excluding hydrogens is 477 g/mol. The molecule has 0 unspecified atom stereocenters. The van der Waals surface area contributed by atoms with Gasteiger partial charge in [0.1, 0.15) is 0 Å². The van der Waals surface area contributed by atoms with E-state index in [2.05, 4.69) is 51.1 Å². The first kappa shape index (κ1) is 23.5. The number of piperidine rings is 1. The van der Waals surface area contributed by atoms with E-state index >= 15 is 0 Å². The predicted molar refractivity (Wildman–Crippen MR) is 131 cm³/mol. The maximum absolute atomic E-state index is 12.1. The van der Waals surface area contributed by atoms with E-state index in [1.54, 1.807) is 0 Å². The van der Waals surface area contributed by atoms with Gasteiger partial charge >= 0.3 is 0 Å². The summed E-state index contributed by atoms with van der Waals surface area (Å²) in [5.41, 5.74) is 2.56. The molecule has 1 aliphatic rings. The Balaban J connectivity index is 0.00000300. The number of hydrogen-bond donors (Lipinski definition) is 3. The first-order valence-corrected chi connectivity index (χ1v) is 10.4. The molecule has 1 aromatic heterocycles. The van der Waals surface area contributed by atoms with E-state index in [0.717, 1.165) is 51.3 Å². The van der Waals surface area contributed by atoms with Crippen LogP contribution < -0.4 is 10.6 Å². The minimum absolute atomic E-state index is 0. The van der Waals surface area contributed by atoms with Crippen LogP contribution in [0.2, 0.25) is 0 Å². The molecule has 1 saturated heterocycles. The Bertz CT molecular complexity index is 808. The Morgan fingerprint density at radius 1 is 1.28 bits per heavy atom. The maximum Gasteiger partial charge on any atom is 0.225 e. The Kier molecular flexibility index (Phi) is 9.26. The molecular formula is C22H34IN5O. The van der Waals surface area contributed by atoms with Crippen molar-refractivity contribution in [3.8, 4) is 0 Å². The van der Waals surface area contributed by atoms with E-state index in [0.29, 0.717) is 6.04 Å². The van der Waals surface area contributed by atoms with Crippen molar-refractivity contribution in [1.29, 1.82) is 0 Å². The number of likely N-dealkylation sites (tertiary alicyclic amines) is 1. The number of aromatic nitrogens is 1. The van der Waals surface area contributed by atoms with Crippen molar-refractivity contribution in [3.05, 3.63) is 36.0 Å². The number of aryl methyl sites for hydroxylation is 1. The average Bonchev–Trinajstić information content (AvgIpc) is 3.13. The number of carbonyl (C=O) groups excluding carboxylic acids is 1. The summed E-state index contributed by atoms with van der Waals surface area (Å²) in [5.74, 6) is 1.20. The van der Waals surface area contributed by atoms with Crippen molar-refractivity contribution >= 4 is 46.7 Å². The molecule has 7 heteroatoms. The summed E-state index contributed by atoms with van der Waals surface area (Å²) in [6, 6.07) is 8.80. The van der Waals surface area contributed by atoms with Crippen LogP contribution >= 0.6 is 24.0 Å². The molecule has 160 valence electrons. The highest BCUT2D eigenvalue weighted by Gasteiger charge is 2.24. The highest BCUT2D eigenvalue weighted by Crippen LogP contribution is 2.18. The number of aromatic amines is 1.